The van der Waals surface area contributed by atoms with Crippen molar-refractivity contribution in [2.45, 2.75) is 0 Å². The monoisotopic (exact) mass is 550 g/mol. The fraction of sp³-hybridized carbons (Fsp3) is 0.125. The molecule has 0 saturated carbocycles. The average molecular weight is 552 g/mol. The molecule has 0 unspecified atom stereocenters. The Morgan fingerprint density at radius 1 is 0.800 bits per heavy atom. The number of rotatable bonds is 6. The Labute approximate surface area is 184 Å². The summed E-state index contributed by atoms with van der Waals surface area (Å²) in [5, 5.41) is 38.6. The van der Waals surface area contributed by atoms with E-state index in [4.69, 9.17) is 19.7 Å². The molecule has 0 radical (unpaired) electrons. The third kappa shape index (κ3) is 5.87. The molecule has 2 aromatic carbocycles. The van der Waals surface area contributed by atoms with Crippen LogP contribution in [0.3, 0.4) is 0 Å². The zero-order chi connectivity index (χ0) is 23.2. The lowest BCUT2D eigenvalue weighted by Crippen LogP contribution is -2.03. The summed E-state index contributed by atoms with van der Waals surface area (Å²) in [7, 11) is 2.69. The number of carbonyl (C=O) groups is 2. The Bertz CT molecular complexity index is 944. The van der Waals surface area contributed by atoms with Gasteiger partial charge in [0.15, 0.2) is 0 Å². The van der Waals surface area contributed by atoms with Crippen molar-refractivity contribution in [2.24, 2.45) is 0 Å². The lowest BCUT2D eigenvalue weighted by atomic mass is 10.1. The SMILES string of the molecule is COc1cc(C(=O)O)c([N+](=O)[O-])cc1Br.COc1cc(C(=O)O)c([N+](=O)[O-])cc1Br. The number of nitro groups is 2. The van der Waals surface area contributed by atoms with Crippen molar-refractivity contribution in [3.63, 3.8) is 0 Å². The van der Waals surface area contributed by atoms with Crippen LogP contribution in [0.1, 0.15) is 20.7 Å². The van der Waals surface area contributed by atoms with Crippen molar-refractivity contribution in [3.8, 4) is 11.5 Å². The molecule has 14 heteroatoms. The summed E-state index contributed by atoms with van der Waals surface area (Å²) in [5.74, 6) is -2.27. The Morgan fingerprint density at radius 3 is 1.30 bits per heavy atom. The second-order valence-electron chi connectivity index (χ2n) is 5.13. The van der Waals surface area contributed by atoms with Gasteiger partial charge in [-0.25, -0.2) is 9.59 Å². The van der Waals surface area contributed by atoms with Gasteiger partial charge in [-0.2, -0.15) is 0 Å². The van der Waals surface area contributed by atoms with Gasteiger partial charge in [0.1, 0.15) is 22.6 Å². The summed E-state index contributed by atoms with van der Waals surface area (Å²) in [5.41, 5.74) is -1.76. The van der Waals surface area contributed by atoms with Gasteiger partial charge in [-0.05, 0) is 31.9 Å². The summed E-state index contributed by atoms with van der Waals surface area (Å²) < 4.78 is 10.3. The standard InChI is InChI=1S/2C8H6BrNO5/c2*1-15-7-2-4(8(11)12)6(10(13)14)3-5(7)9/h2*2-3H,1H3,(H,11,12). The molecule has 30 heavy (non-hydrogen) atoms. The minimum atomic E-state index is -1.37. The van der Waals surface area contributed by atoms with Crippen LogP contribution in [-0.4, -0.2) is 46.2 Å². The number of ether oxygens (including phenoxy) is 2. The molecular formula is C16H12Br2N2O10. The molecule has 12 nitrogen and oxygen atoms in total. The molecule has 2 rings (SSSR count). The van der Waals surface area contributed by atoms with Gasteiger partial charge in [0.2, 0.25) is 0 Å². The van der Waals surface area contributed by atoms with Crippen molar-refractivity contribution < 1.29 is 39.1 Å². The maximum absolute atomic E-state index is 10.7. The molecule has 0 saturated heterocycles. The van der Waals surface area contributed by atoms with E-state index in [0.717, 1.165) is 24.3 Å². The van der Waals surface area contributed by atoms with E-state index in [-0.39, 0.29) is 11.5 Å². The van der Waals surface area contributed by atoms with Crippen LogP contribution in [0.5, 0.6) is 11.5 Å². The molecule has 0 fully saturated rings. The highest BCUT2D eigenvalue weighted by Crippen LogP contribution is 2.33. The van der Waals surface area contributed by atoms with Gasteiger partial charge in [-0.15, -0.1) is 0 Å². The first kappa shape index (κ1) is 24.8. The number of nitrogens with zero attached hydrogens (tertiary/aromatic N) is 2. The topological polar surface area (TPSA) is 179 Å². The zero-order valence-electron chi connectivity index (χ0n) is 15.1. The van der Waals surface area contributed by atoms with E-state index in [1.807, 2.05) is 0 Å². The van der Waals surface area contributed by atoms with Gasteiger partial charge in [-0.1, -0.05) is 0 Å². The summed E-state index contributed by atoms with van der Waals surface area (Å²) >= 11 is 6.07. The number of carboxylic acids is 2. The first-order valence-electron chi connectivity index (χ1n) is 7.45. The van der Waals surface area contributed by atoms with Gasteiger partial charge in [0.05, 0.1) is 33.0 Å². The van der Waals surface area contributed by atoms with Crippen LogP contribution < -0.4 is 9.47 Å². The van der Waals surface area contributed by atoms with E-state index in [1.54, 1.807) is 0 Å². The second kappa shape index (κ2) is 10.5. The summed E-state index contributed by atoms with van der Waals surface area (Å²) in [6.45, 7) is 0. The molecule has 0 aliphatic carbocycles. The molecule has 0 heterocycles. The third-order valence-corrected chi connectivity index (χ3v) is 4.63. The number of carboxylic acid groups (broad SMARTS) is 2. The fourth-order valence-corrected chi connectivity index (χ4v) is 3.03. The van der Waals surface area contributed by atoms with Gasteiger partial charge >= 0.3 is 11.9 Å². The highest BCUT2D eigenvalue weighted by molar-refractivity contribution is 9.10. The van der Waals surface area contributed by atoms with Crippen LogP contribution in [0, 0.1) is 20.2 Å². The van der Waals surface area contributed by atoms with Crippen LogP contribution in [0.4, 0.5) is 11.4 Å². The molecule has 160 valence electrons. The van der Waals surface area contributed by atoms with E-state index in [2.05, 4.69) is 31.9 Å². The first-order valence-corrected chi connectivity index (χ1v) is 9.03. The van der Waals surface area contributed by atoms with Crippen molar-refractivity contribution in [3.05, 3.63) is 64.6 Å². The van der Waals surface area contributed by atoms with Gasteiger partial charge in [0, 0.05) is 24.3 Å². The van der Waals surface area contributed by atoms with Crippen LogP contribution in [0.2, 0.25) is 0 Å². The van der Waals surface area contributed by atoms with E-state index < -0.39 is 44.3 Å². The van der Waals surface area contributed by atoms with Crippen molar-refractivity contribution >= 4 is 55.2 Å². The molecule has 0 atom stereocenters. The summed E-state index contributed by atoms with van der Waals surface area (Å²) in [6, 6.07) is 4.40. The number of nitro benzene ring substituents is 2. The van der Waals surface area contributed by atoms with Crippen LogP contribution >= 0.6 is 31.9 Å². The smallest absolute Gasteiger partial charge is 0.342 e. The molecule has 0 spiro atoms. The van der Waals surface area contributed by atoms with E-state index >= 15 is 0 Å². The third-order valence-electron chi connectivity index (χ3n) is 3.39. The summed E-state index contributed by atoms with van der Waals surface area (Å²) in [6.07, 6.45) is 0. The number of halogens is 2. The zero-order valence-corrected chi connectivity index (χ0v) is 18.3. The fourth-order valence-electron chi connectivity index (χ4n) is 2.04. The molecule has 2 N–H and O–H groups in total. The average Bonchev–Trinajstić information content (AvgIpc) is 2.67. The number of benzene rings is 2. The highest BCUT2D eigenvalue weighted by atomic mass is 79.9. The van der Waals surface area contributed by atoms with E-state index in [0.29, 0.717) is 8.95 Å². The Hall–Kier alpha value is -3.26. The van der Waals surface area contributed by atoms with E-state index in [9.17, 15) is 29.8 Å². The predicted molar refractivity (Wildman–Crippen MR) is 109 cm³/mol. The normalized spacial score (nSPS) is 9.73. The molecule has 0 aliphatic rings. The van der Waals surface area contributed by atoms with Crippen molar-refractivity contribution in [1.29, 1.82) is 0 Å². The molecule has 0 aromatic heterocycles. The van der Waals surface area contributed by atoms with E-state index in [1.165, 1.54) is 14.2 Å². The van der Waals surface area contributed by atoms with Gasteiger partial charge in [0.25, 0.3) is 11.4 Å². The Kier molecular flexibility index (Phi) is 8.67. The lowest BCUT2D eigenvalue weighted by Gasteiger charge is -2.04. The first-order chi connectivity index (χ1) is 13.9. The molecule has 0 amide bonds. The number of methoxy groups -OCH3 is 2. The largest absolute Gasteiger partial charge is 0.496 e. The summed E-state index contributed by atoms with van der Waals surface area (Å²) in [4.78, 5) is 41.1. The van der Waals surface area contributed by atoms with Gasteiger partial charge < -0.3 is 19.7 Å². The van der Waals surface area contributed by atoms with Crippen LogP contribution in [-0.2, 0) is 0 Å². The molecular weight excluding hydrogens is 540 g/mol. The number of hydrogen-bond donors (Lipinski definition) is 2. The molecule has 2 aromatic rings. The maximum atomic E-state index is 10.7. The van der Waals surface area contributed by atoms with Crippen molar-refractivity contribution in [1.82, 2.24) is 0 Å². The van der Waals surface area contributed by atoms with Crippen LogP contribution in [0.15, 0.2) is 33.2 Å². The minimum absolute atomic E-state index is 0.234. The predicted octanol–water partition coefficient (Wildman–Crippen LogP) is 4.13. The molecule has 0 aliphatic heterocycles. The Balaban J connectivity index is 0.000000300. The quantitative estimate of drug-likeness (QED) is 0.391. The van der Waals surface area contributed by atoms with Crippen LogP contribution in [0.25, 0.3) is 0 Å². The lowest BCUT2D eigenvalue weighted by molar-refractivity contribution is -0.385. The second-order valence-corrected chi connectivity index (χ2v) is 6.84. The minimum Gasteiger partial charge on any atom is -0.496 e. The number of hydrogen-bond acceptors (Lipinski definition) is 8. The highest BCUT2D eigenvalue weighted by Gasteiger charge is 2.23. The number of aromatic carboxylic acids is 2. The molecule has 0 bridgehead atoms. The Morgan fingerprint density at radius 2 is 1.10 bits per heavy atom. The maximum Gasteiger partial charge on any atom is 0.342 e. The van der Waals surface area contributed by atoms with Crippen molar-refractivity contribution in [2.75, 3.05) is 14.2 Å². The van der Waals surface area contributed by atoms with Gasteiger partial charge in [-0.3, -0.25) is 20.2 Å².